The number of carbonyl (C=O) groups is 2. The Morgan fingerprint density at radius 3 is 2.33 bits per heavy atom. The second-order valence-corrected chi connectivity index (χ2v) is 10.4. The number of methoxy groups -OCH3 is 1. The van der Waals surface area contributed by atoms with E-state index >= 15 is 0 Å². The van der Waals surface area contributed by atoms with Crippen LogP contribution < -0.4 is 4.90 Å². The SMILES string of the molecule is COC(=O)c1cccc2c1CCCN2C(=O)c1ccc(S(=O)(=O)N2CC(C)OC(C)C2)cc1. The molecule has 2 aromatic carbocycles. The average Bonchev–Trinajstić information content (AvgIpc) is 2.81. The molecule has 2 aliphatic heterocycles. The fourth-order valence-electron chi connectivity index (χ4n) is 4.54. The van der Waals surface area contributed by atoms with Crippen LogP contribution in [0, 0.1) is 0 Å². The molecule has 1 amide bonds. The van der Waals surface area contributed by atoms with Crippen LogP contribution in [0.25, 0.3) is 0 Å². The third-order valence-electron chi connectivity index (χ3n) is 6.03. The Morgan fingerprint density at radius 2 is 1.70 bits per heavy atom. The van der Waals surface area contributed by atoms with Crippen molar-refractivity contribution in [3.8, 4) is 0 Å². The van der Waals surface area contributed by atoms with Crippen LogP contribution in [0.5, 0.6) is 0 Å². The van der Waals surface area contributed by atoms with Gasteiger partial charge in [0, 0.05) is 30.9 Å². The van der Waals surface area contributed by atoms with Crippen molar-refractivity contribution in [3.05, 3.63) is 59.2 Å². The summed E-state index contributed by atoms with van der Waals surface area (Å²) in [5.41, 5.74) is 2.32. The molecule has 2 aliphatic rings. The minimum atomic E-state index is -3.68. The van der Waals surface area contributed by atoms with Gasteiger partial charge in [0.05, 0.1) is 29.8 Å². The molecule has 2 unspecified atom stereocenters. The molecule has 0 N–H and O–H groups in total. The topological polar surface area (TPSA) is 93.2 Å². The number of amides is 1. The van der Waals surface area contributed by atoms with Gasteiger partial charge in [0.2, 0.25) is 10.0 Å². The fourth-order valence-corrected chi connectivity index (χ4v) is 6.13. The molecule has 0 saturated carbocycles. The largest absolute Gasteiger partial charge is 0.465 e. The van der Waals surface area contributed by atoms with Gasteiger partial charge in [0.25, 0.3) is 5.91 Å². The number of anilines is 1. The van der Waals surface area contributed by atoms with Crippen molar-refractivity contribution in [1.29, 1.82) is 0 Å². The Balaban J connectivity index is 1.59. The van der Waals surface area contributed by atoms with Crippen molar-refractivity contribution in [2.45, 2.75) is 43.8 Å². The molecule has 2 heterocycles. The lowest BCUT2D eigenvalue weighted by Crippen LogP contribution is -2.48. The predicted octanol–water partition coefficient (Wildman–Crippen LogP) is 2.86. The lowest BCUT2D eigenvalue weighted by Gasteiger charge is -2.34. The van der Waals surface area contributed by atoms with Crippen molar-refractivity contribution in [2.24, 2.45) is 0 Å². The highest BCUT2D eigenvalue weighted by atomic mass is 32.2. The van der Waals surface area contributed by atoms with Gasteiger partial charge in [0.1, 0.15) is 0 Å². The van der Waals surface area contributed by atoms with E-state index in [0.717, 1.165) is 5.56 Å². The number of carbonyl (C=O) groups excluding carboxylic acids is 2. The van der Waals surface area contributed by atoms with Crippen molar-refractivity contribution in [1.82, 2.24) is 4.31 Å². The summed E-state index contributed by atoms with van der Waals surface area (Å²) in [5, 5.41) is 0. The molecule has 0 spiro atoms. The van der Waals surface area contributed by atoms with Crippen molar-refractivity contribution in [2.75, 3.05) is 31.6 Å². The van der Waals surface area contributed by atoms with Gasteiger partial charge < -0.3 is 14.4 Å². The van der Waals surface area contributed by atoms with Crippen LogP contribution in [0.3, 0.4) is 0 Å². The molecule has 2 atom stereocenters. The Labute approximate surface area is 194 Å². The summed E-state index contributed by atoms with van der Waals surface area (Å²) in [5.74, 6) is -0.669. The number of hydrogen-bond donors (Lipinski definition) is 0. The van der Waals surface area contributed by atoms with Crippen LogP contribution in [-0.2, 0) is 25.9 Å². The van der Waals surface area contributed by atoms with Crippen LogP contribution >= 0.6 is 0 Å². The summed E-state index contributed by atoms with van der Waals surface area (Å²) in [7, 11) is -2.35. The van der Waals surface area contributed by atoms with E-state index in [4.69, 9.17) is 9.47 Å². The number of sulfonamides is 1. The van der Waals surface area contributed by atoms with E-state index in [0.29, 0.717) is 49.3 Å². The van der Waals surface area contributed by atoms with Gasteiger partial charge in [-0.3, -0.25) is 4.79 Å². The van der Waals surface area contributed by atoms with Gasteiger partial charge in [-0.15, -0.1) is 0 Å². The molecule has 0 radical (unpaired) electrons. The highest BCUT2D eigenvalue weighted by molar-refractivity contribution is 7.89. The highest BCUT2D eigenvalue weighted by Gasteiger charge is 2.33. The highest BCUT2D eigenvalue weighted by Crippen LogP contribution is 2.32. The number of rotatable bonds is 4. The minimum absolute atomic E-state index is 0.146. The Morgan fingerprint density at radius 1 is 1.03 bits per heavy atom. The summed E-state index contributed by atoms with van der Waals surface area (Å²) in [6.07, 6.45) is 1.03. The molecule has 1 fully saturated rings. The monoisotopic (exact) mass is 472 g/mol. The molecule has 9 heteroatoms. The van der Waals surface area contributed by atoms with E-state index in [2.05, 4.69) is 0 Å². The first-order valence-electron chi connectivity index (χ1n) is 11.0. The zero-order valence-electron chi connectivity index (χ0n) is 19.0. The van der Waals surface area contributed by atoms with E-state index in [9.17, 15) is 18.0 Å². The third-order valence-corrected chi connectivity index (χ3v) is 7.87. The summed E-state index contributed by atoms with van der Waals surface area (Å²) >= 11 is 0. The first-order valence-corrected chi connectivity index (χ1v) is 12.4. The molecule has 0 aromatic heterocycles. The quantitative estimate of drug-likeness (QED) is 0.636. The molecule has 0 aliphatic carbocycles. The second-order valence-electron chi connectivity index (χ2n) is 8.46. The maximum Gasteiger partial charge on any atom is 0.338 e. The number of morpholine rings is 1. The van der Waals surface area contributed by atoms with Gasteiger partial charge in [-0.05, 0) is 68.7 Å². The van der Waals surface area contributed by atoms with Gasteiger partial charge in [-0.25, -0.2) is 13.2 Å². The molecule has 33 heavy (non-hydrogen) atoms. The van der Waals surface area contributed by atoms with Crippen molar-refractivity contribution < 1.29 is 27.5 Å². The van der Waals surface area contributed by atoms with Crippen LogP contribution in [-0.4, -0.2) is 63.6 Å². The zero-order valence-corrected chi connectivity index (χ0v) is 19.8. The molecule has 176 valence electrons. The molecule has 8 nitrogen and oxygen atoms in total. The Bertz CT molecular complexity index is 1150. The van der Waals surface area contributed by atoms with Gasteiger partial charge >= 0.3 is 5.97 Å². The van der Waals surface area contributed by atoms with E-state index < -0.39 is 16.0 Å². The first kappa shape index (κ1) is 23.4. The number of fused-ring (bicyclic) bond motifs is 1. The lowest BCUT2D eigenvalue weighted by molar-refractivity contribution is -0.0440. The summed E-state index contributed by atoms with van der Waals surface area (Å²) in [6, 6.07) is 11.3. The van der Waals surface area contributed by atoms with Gasteiger partial charge in [0.15, 0.2) is 0 Å². The Hall–Kier alpha value is -2.75. The number of ether oxygens (including phenoxy) is 2. The molecular formula is C24H28N2O6S. The van der Waals surface area contributed by atoms with Crippen molar-refractivity contribution in [3.63, 3.8) is 0 Å². The molecular weight excluding hydrogens is 444 g/mol. The number of esters is 1. The van der Waals surface area contributed by atoms with E-state index in [1.807, 2.05) is 19.9 Å². The van der Waals surface area contributed by atoms with Gasteiger partial charge in [-0.2, -0.15) is 4.31 Å². The van der Waals surface area contributed by atoms with Crippen molar-refractivity contribution >= 4 is 27.6 Å². The fraction of sp³-hybridized carbons (Fsp3) is 0.417. The van der Waals surface area contributed by atoms with Crippen LogP contribution in [0.4, 0.5) is 5.69 Å². The average molecular weight is 473 g/mol. The lowest BCUT2D eigenvalue weighted by atomic mass is 9.95. The smallest absolute Gasteiger partial charge is 0.338 e. The zero-order chi connectivity index (χ0) is 23.8. The van der Waals surface area contributed by atoms with E-state index in [1.165, 1.54) is 23.5 Å². The Kier molecular flexibility index (Phi) is 6.56. The van der Waals surface area contributed by atoms with Gasteiger partial charge in [-0.1, -0.05) is 6.07 Å². The third kappa shape index (κ3) is 4.53. The number of nitrogens with zero attached hydrogens (tertiary/aromatic N) is 2. The molecule has 0 bridgehead atoms. The van der Waals surface area contributed by atoms with Crippen LogP contribution in [0.15, 0.2) is 47.4 Å². The molecule has 4 rings (SSSR count). The van der Waals surface area contributed by atoms with Crippen LogP contribution in [0.2, 0.25) is 0 Å². The standard InChI is InChI=1S/C24H28N2O6S/c1-16-14-25(15-17(2)32-16)33(29,30)19-11-9-18(10-12-19)23(27)26-13-5-7-20-21(24(28)31-3)6-4-8-22(20)26/h4,6,8-12,16-17H,5,7,13-15H2,1-3H3. The number of benzene rings is 2. The number of hydrogen-bond acceptors (Lipinski definition) is 6. The predicted molar refractivity (Wildman–Crippen MR) is 123 cm³/mol. The summed E-state index contributed by atoms with van der Waals surface area (Å²) < 4.78 is 38.1. The molecule has 1 saturated heterocycles. The van der Waals surface area contributed by atoms with Crippen LogP contribution in [0.1, 0.15) is 46.5 Å². The minimum Gasteiger partial charge on any atom is -0.465 e. The normalized spacial score (nSPS) is 21.4. The van der Waals surface area contributed by atoms with E-state index in [-0.39, 0.29) is 23.0 Å². The molecule has 2 aromatic rings. The van der Waals surface area contributed by atoms with E-state index in [1.54, 1.807) is 29.2 Å². The maximum absolute atomic E-state index is 13.3. The first-order chi connectivity index (χ1) is 15.7. The second kappa shape index (κ2) is 9.24. The summed E-state index contributed by atoms with van der Waals surface area (Å²) in [4.78, 5) is 27.2. The maximum atomic E-state index is 13.3. The summed E-state index contributed by atoms with van der Waals surface area (Å²) in [6.45, 7) is 4.80.